The zero-order chi connectivity index (χ0) is 14.0. The summed E-state index contributed by atoms with van der Waals surface area (Å²) >= 11 is 0. The second-order valence-corrected chi connectivity index (χ2v) is 4.93. The Hall–Kier alpha value is -2.51. The lowest BCUT2D eigenvalue weighted by molar-refractivity contribution is 0.534. The van der Waals surface area contributed by atoms with E-state index in [1.54, 1.807) is 0 Å². The second-order valence-electron chi connectivity index (χ2n) is 4.93. The molecule has 1 aliphatic heterocycles. The number of nitrogens with zero attached hydrogens (tertiary/aromatic N) is 1. The zero-order valence-electron chi connectivity index (χ0n) is 11.1. The smallest absolute Gasteiger partial charge is 0.136 e. The predicted molar refractivity (Wildman–Crippen MR) is 80.2 cm³/mol. The lowest BCUT2D eigenvalue weighted by Gasteiger charge is -2.31. The van der Waals surface area contributed by atoms with E-state index in [0.717, 1.165) is 23.4 Å². The fourth-order valence-electron chi connectivity index (χ4n) is 2.68. The molecule has 1 heterocycles. The summed E-state index contributed by atoms with van der Waals surface area (Å²) in [6.07, 6.45) is 0.733. The standard InChI is InChI=1S/C16H16N4/c17-9-8-16(13-5-3-4-12(10-13)11-18)19-14-6-1-2-7-15(14)20-16/h1-7,10,19-20H,8-9,17H2. The summed E-state index contributed by atoms with van der Waals surface area (Å²) in [7, 11) is 0. The average Bonchev–Trinajstić information content (AvgIpc) is 2.87. The van der Waals surface area contributed by atoms with Crippen LogP contribution in [-0.4, -0.2) is 6.54 Å². The van der Waals surface area contributed by atoms with Gasteiger partial charge >= 0.3 is 0 Å². The van der Waals surface area contributed by atoms with Gasteiger partial charge in [-0.25, -0.2) is 0 Å². The van der Waals surface area contributed by atoms with Crippen LogP contribution >= 0.6 is 0 Å². The molecule has 0 unspecified atom stereocenters. The number of nitriles is 1. The number of nitrogens with one attached hydrogen (secondary N) is 2. The van der Waals surface area contributed by atoms with E-state index in [4.69, 9.17) is 11.0 Å². The van der Waals surface area contributed by atoms with Gasteiger partial charge in [-0.2, -0.15) is 5.26 Å². The second kappa shape index (κ2) is 4.87. The van der Waals surface area contributed by atoms with Gasteiger partial charge < -0.3 is 16.4 Å². The molecule has 0 aliphatic carbocycles. The molecule has 0 fully saturated rings. The predicted octanol–water partition coefficient (Wildman–Crippen LogP) is 2.60. The number of nitrogens with two attached hydrogens (primary N) is 1. The first-order valence-corrected chi connectivity index (χ1v) is 6.63. The Morgan fingerprint density at radius 2 is 1.75 bits per heavy atom. The topological polar surface area (TPSA) is 73.9 Å². The third kappa shape index (κ3) is 1.98. The minimum atomic E-state index is -0.439. The normalized spacial score (nSPS) is 14.8. The van der Waals surface area contributed by atoms with Crippen LogP contribution in [0.15, 0.2) is 48.5 Å². The van der Waals surface area contributed by atoms with E-state index in [2.05, 4.69) is 16.7 Å². The van der Waals surface area contributed by atoms with Crippen LogP contribution in [0.25, 0.3) is 0 Å². The summed E-state index contributed by atoms with van der Waals surface area (Å²) in [5.41, 5.74) is 9.15. The first kappa shape index (κ1) is 12.5. The average molecular weight is 264 g/mol. The van der Waals surface area contributed by atoms with Gasteiger partial charge in [0, 0.05) is 6.42 Å². The maximum Gasteiger partial charge on any atom is 0.136 e. The van der Waals surface area contributed by atoms with Crippen molar-refractivity contribution in [2.24, 2.45) is 5.73 Å². The first-order valence-electron chi connectivity index (χ1n) is 6.63. The first-order chi connectivity index (χ1) is 9.77. The fourth-order valence-corrected chi connectivity index (χ4v) is 2.68. The van der Waals surface area contributed by atoms with E-state index >= 15 is 0 Å². The summed E-state index contributed by atoms with van der Waals surface area (Å²) in [6, 6.07) is 17.9. The molecule has 3 rings (SSSR count). The molecule has 2 aromatic rings. The number of anilines is 2. The van der Waals surface area contributed by atoms with Crippen LogP contribution < -0.4 is 16.4 Å². The Balaban J connectivity index is 2.05. The summed E-state index contributed by atoms with van der Waals surface area (Å²) < 4.78 is 0. The lowest BCUT2D eigenvalue weighted by Crippen LogP contribution is -2.40. The molecule has 0 atom stereocenters. The van der Waals surface area contributed by atoms with E-state index in [1.807, 2.05) is 48.5 Å². The largest absolute Gasteiger partial charge is 0.357 e. The molecule has 0 radical (unpaired) electrons. The highest BCUT2D eigenvalue weighted by Crippen LogP contribution is 2.41. The van der Waals surface area contributed by atoms with Crippen molar-refractivity contribution in [3.8, 4) is 6.07 Å². The molecule has 100 valence electrons. The molecule has 0 amide bonds. The SMILES string of the molecule is N#Cc1cccc(C2(CCN)Nc3ccccc3N2)c1. The van der Waals surface area contributed by atoms with Gasteiger partial charge in [-0.15, -0.1) is 0 Å². The van der Waals surface area contributed by atoms with Crippen molar-refractivity contribution in [2.75, 3.05) is 17.2 Å². The molecule has 4 N–H and O–H groups in total. The molecule has 0 aromatic heterocycles. The molecule has 2 aromatic carbocycles. The maximum absolute atomic E-state index is 9.08. The van der Waals surface area contributed by atoms with E-state index in [-0.39, 0.29) is 0 Å². The van der Waals surface area contributed by atoms with Crippen LogP contribution in [0, 0.1) is 11.3 Å². The Morgan fingerprint density at radius 3 is 2.35 bits per heavy atom. The van der Waals surface area contributed by atoms with Crippen LogP contribution in [0.2, 0.25) is 0 Å². The number of fused-ring (bicyclic) bond motifs is 1. The van der Waals surface area contributed by atoms with Crippen molar-refractivity contribution >= 4 is 11.4 Å². The van der Waals surface area contributed by atoms with Gasteiger partial charge in [0.2, 0.25) is 0 Å². The van der Waals surface area contributed by atoms with Crippen LogP contribution in [0.5, 0.6) is 0 Å². The van der Waals surface area contributed by atoms with Crippen molar-refractivity contribution in [1.82, 2.24) is 0 Å². The molecule has 0 bridgehead atoms. The third-order valence-electron chi connectivity index (χ3n) is 3.63. The minimum Gasteiger partial charge on any atom is -0.357 e. The highest BCUT2D eigenvalue weighted by atomic mass is 15.3. The highest BCUT2D eigenvalue weighted by molar-refractivity contribution is 5.77. The van der Waals surface area contributed by atoms with E-state index < -0.39 is 5.66 Å². The summed E-state index contributed by atoms with van der Waals surface area (Å²) in [5, 5.41) is 16.1. The van der Waals surface area contributed by atoms with E-state index in [9.17, 15) is 0 Å². The molecule has 0 spiro atoms. The van der Waals surface area contributed by atoms with Gasteiger partial charge in [0.15, 0.2) is 0 Å². The number of hydrogen-bond donors (Lipinski definition) is 3. The van der Waals surface area contributed by atoms with Crippen molar-refractivity contribution < 1.29 is 0 Å². The van der Waals surface area contributed by atoms with Gasteiger partial charge in [-0.3, -0.25) is 0 Å². The van der Waals surface area contributed by atoms with Gasteiger partial charge in [0.1, 0.15) is 5.66 Å². The Labute approximate surface area is 118 Å². The molecule has 4 heteroatoms. The lowest BCUT2D eigenvalue weighted by atomic mass is 9.95. The van der Waals surface area contributed by atoms with Gasteiger partial charge in [-0.1, -0.05) is 24.3 Å². The van der Waals surface area contributed by atoms with E-state index in [0.29, 0.717) is 12.1 Å². The molecular formula is C16H16N4. The molecule has 1 aliphatic rings. The maximum atomic E-state index is 9.08. The van der Waals surface area contributed by atoms with Gasteiger partial charge in [0.05, 0.1) is 23.0 Å². The number of benzene rings is 2. The summed E-state index contributed by atoms with van der Waals surface area (Å²) in [5.74, 6) is 0. The third-order valence-corrected chi connectivity index (χ3v) is 3.63. The van der Waals surface area contributed by atoms with Crippen LogP contribution in [0.1, 0.15) is 17.5 Å². The van der Waals surface area contributed by atoms with Gasteiger partial charge in [-0.05, 0) is 36.4 Å². The van der Waals surface area contributed by atoms with Crippen molar-refractivity contribution in [2.45, 2.75) is 12.1 Å². The Morgan fingerprint density at radius 1 is 1.05 bits per heavy atom. The van der Waals surface area contributed by atoms with Crippen LogP contribution in [-0.2, 0) is 5.66 Å². The molecule has 20 heavy (non-hydrogen) atoms. The monoisotopic (exact) mass is 264 g/mol. The number of para-hydroxylation sites is 2. The van der Waals surface area contributed by atoms with Crippen LogP contribution in [0.3, 0.4) is 0 Å². The Bertz CT molecular complexity index is 647. The number of hydrogen-bond acceptors (Lipinski definition) is 4. The summed E-state index contributed by atoms with van der Waals surface area (Å²) in [6.45, 7) is 0.546. The van der Waals surface area contributed by atoms with Crippen LogP contribution in [0.4, 0.5) is 11.4 Å². The van der Waals surface area contributed by atoms with Gasteiger partial charge in [0.25, 0.3) is 0 Å². The van der Waals surface area contributed by atoms with Crippen molar-refractivity contribution in [1.29, 1.82) is 5.26 Å². The fraction of sp³-hybridized carbons (Fsp3) is 0.188. The van der Waals surface area contributed by atoms with E-state index in [1.165, 1.54) is 0 Å². The zero-order valence-corrected chi connectivity index (χ0v) is 11.1. The number of rotatable bonds is 3. The Kier molecular flexibility index (Phi) is 3.05. The van der Waals surface area contributed by atoms with Crippen molar-refractivity contribution in [3.05, 3.63) is 59.7 Å². The molecule has 4 nitrogen and oxygen atoms in total. The molecular weight excluding hydrogens is 248 g/mol. The molecule has 0 saturated heterocycles. The summed E-state index contributed by atoms with van der Waals surface area (Å²) in [4.78, 5) is 0. The quantitative estimate of drug-likeness (QED) is 0.796. The van der Waals surface area contributed by atoms with Crippen molar-refractivity contribution in [3.63, 3.8) is 0 Å². The minimum absolute atomic E-state index is 0.439. The molecule has 0 saturated carbocycles. The highest BCUT2D eigenvalue weighted by Gasteiger charge is 2.37.